The molecule has 20 heavy (non-hydrogen) atoms. The molecule has 0 aromatic heterocycles. The van der Waals surface area contributed by atoms with Gasteiger partial charge in [0.05, 0.1) is 11.6 Å². The minimum absolute atomic E-state index is 0.0503. The van der Waals surface area contributed by atoms with Gasteiger partial charge in [0.2, 0.25) is 0 Å². The van der Waals surface area contributed by atoms with Crippen molar-refractivity contribution >= 4 is 11.4 Å². The van der Waals surface area contributed by atoms with Crippen molar-refractivity contribution < 1.29 is 8.78 Å². The fraction of sp³-hybridized carbons (Fsp3) is 0.133. The molecule has 0 aliphatic carbocycles. The molecule has 0 saturated heterocycles. The first kappa shape index (κ1) is 13.8. The number of nitrogens with two attached hydrogens (primary N) is 1. The van der Waals surface area contributed by atoms with Gasteiger partial charge in [0.1, 0.15) is 5.69 Å². The Morgan fingerprint density at radius 1 is 1.15 bits per heavy atom. The normalized spacial score (nSPS) is 11.7. The Morgan fingerprint density at radius 3 is 2.20 bits per heavy atom. The number of benzene rings is 2. The highest BCUT2D eigenvalue weighted by atomic mass is 19.1. The molecule has 3 nitrogen and oxygen atoms in total. The molecule has 0 amide bonds. The minimum Gasteiger partial charge on any atom is -0.399 e. The van der Waals surface area contributed by atoms with Gasteiger partial charge in [-0.1, -0.05) is 12.1 Å². The zero-order valence-electron chi connectivity index (χ0n) is 10.8. The number of hydrogen-bond acceptors (Lipinski definition) is 3. The summed E-state index contributed by atoms with van der Waals surface area (Å²) in [6.07, 6.45) is 0. The summed E-state index contributed by atoms with van der Waals surface area (Å²) >= 11 is 0. The third-order valence-electron chi connectivity index (χ3n) is 2.97. The Hall–Kier alpha value is -2.61. The largest absolute Gasteiger partial charge is 0.399 e. The number of halogens is 2. The van der Waals surface area contributed by atoms with Crippen molar-refractivity contribution in [2.24, 2.45) is 0 Å². The first-order valence-corrected chi connectivity index (χ1v) is 6.02. The van der Waals surface area contributed by atoms with E-state index in [1.807, 2.05) is 0 Å². The number of hydrogen-bond donors (Lipinski definition) is 2. The number of nitrogen functional groups attached to an aromatic ring is 1. The van der Waals surface area contributed by atoms with Crippen molar-refractivity contribution in [2.75, 3.05) is 11.1 Å². The molecule has 0 aliphatic heterocycles. The van der Waals surface area contributed by atoms with Gasteiger partial charge in [0.15, 0.2) is 11.6 Å². The number of rotatable bonds is 3. The molecule has 0 bridgehead atoms. The lowest BCUT2D eigenvalue weighted by Crippen LogP contribution is -2.10. The lowest BCUT2D eigenvalue weighted by molar-refractivity contribution is 0.584. The molecule has 1 unspecified atom stereocenters. The predicted molar refractivity (Wildman–Crippen MR) is 74.0 cm³/mol. The van der Waals surface area contributed by atoms with Crippen molar-refractivity contribution in [1.29, 1.82) is 5.26 Å². The van der Waals surface area contributed by atoms with Gasteiger partial charge in [-0.3, -0.25) is 0 Å². The molecule has 2 aromatic rings. The molecule has 102 valence electrons. The summed E-state index contributed by atoms with van der Waals surface area (Å²) in [5.74, 6) is -1.58. The Kier molecular flexibility index (Phi) is 3.85. The van der Waals surface area contributed by atoms with Crippen LogP contribution in [0.4, 0.5) is 20.2 Å². The lowest BCUT2D eigenvalue weighted by Gasteiger charge is -2.17. The number of nitriles is 1. The summed E-state index contributed by atoms with van der Waals surface area (Å²) < 4.78 is 27.5. The third-order valence-corrected chi connectivity index (χ3v) is 2.97. The zero-order chi connectivity index (χ0) is 14.7. The highest BCUT2D eigenvalue weighted by molar-refractivity contribution is 5.52. The van der Waals surface area contributed by atoms with Crippen LogP contribution in [0.3, 0.4) is 0 Å². The van der Waals surface area contributed by atoms with Gasteiger partial charge >= 0.3 is 0 Å². The van der Waals surface area contributed by atoms with Crippen molar-refractivity contribution in [2.45, 2.75) is 13.0 Å². The highest BCUT2D eigenvalue weighted by Gasteiger charge is 2.14. The number of nitrogens with zero attached hydrogens (tertiary/aromatic N) is 1. The molecular formula is C15H13F2N3. The highest BCUT2D eigenvalue weighted by Crippen LogP contribution is 2.26. The summed E-state index contributed by atoms with van der Waals surface area (Å²) in [5.41, 5.74) is 6.77. The second kappa shape index (κ2) is 5.57. The molecule has 3 N–H and O–H groups in total. The first-order chi connectivity index (χ1) is 9.51. The topological polar surface area (TPSA) is 61.8 Å². The van der Waals surface area contributed by atoms with E-state index in [0.717, 1.165) is 17.7 Å². The van der Waals surface area contributed by atoms with Crippen LogP contribution in [0.5, 0.6) is 0 Å². The Morgan fingerprint density at radius 2 is 1.70 bits per heavy atom. The van der Waals surface area contributed by atoms with Crippen molar-refractivity contribution in [3.8, 4) is 6.07 Å². The molecule has 5 heteroatoms. The first-order valence-electron chi connectivity index (χ1n) is 6.02. The van der Waals surface area contributed by atoms with Gasteiger partial charge < -0.3 is 11.1 Å². The van der Waals surface area contributed by atoms with Crippen molar-refractivity contribution in [3.05, 3.63) is 59.2 Å². The molecule has 0 spiro atoms. The quantitative estimate of drug-likeness (QED) is 0.840. The van der Waals surface area contributed by atoms with Crippen LogP contribution in [-0.4, -0.2) is 0 Å². The Labute approximate surface area is 115 Å². The molecule has 1 atom stereocenters. The molecule has 0 fully saturated rings. The van der Waals surface area contributed by atoms with E-state index < -0.39 is 11.6 Å². The van der Waals surface area contributed by atoms with E-state index in [4.69, 9.17) is 11.0 Å². The van der Waals surface area contributed by atoms with Gasteiger partial charge in [-0.2, -0.15) is 5.26 Å². The Balaban J connectivity index is 2.26. The Bertz CT molecular complexity index is 637. The molecule has 2 aromatic carbocycles. The van der Waals surface area contributed by atoms with Crippen LogP contribution in [0.25, 0.3) is 0 Å². The summed E-state index contributed by atoms with van der Waals surface area (Å²) in [4.78, 5) is 0. The van der Waals surface area contributed by atoms with E-state index in [-0.39, 0.29) is 17.3 Å². The maximum Gasteiger partial charge on any atom is 0.150 e. The molecule has 0 radical (unpaired) electrons. The smallest absolute Gasteiger partial charge is 0.150 e. The van der Waals surface area contributed by atoms with Crippen LogP contribution in [0, 0.1) is 23.0 Å². The summed E-state index contributed by atoms with van der Waals surface area (Å²) in [6, 6.07) is 10.4. The second-order valence-corrected chi connectivity index (χ2v) is 4.46. The zero-order valence-corrected chi connectivity index (χ0v) is 10.8. The summed E-state index contributed by atoms with van der Waals surface area (Å²) in [6.45, 7) is 1.78. The predicted octanol–water partition coefficient (Wildman–Crippen LogP) is 3.59. The summed E-state index contributed by atoms with van der Waals surface area (Å²) in [7, 11) is 0. The number of anilines is 2. The summed E-state index contributed by atoms with van der Waals surface area (Å²) in [5, 5.41) is 11.4. The molecule has 0 saturated carbocycles. The van der Waals surface area contributed by atoms with Crippen molar-refractivity contribution in [1.82, 2.24) is 0 Å². The van der Waals surface area contributed by atoms with E-state index in [0.29, 0.717) is 5.69 Å². The van der Waals surface area contributed by atoms with Crippen LogP contribution in [0.15, 0.2) is 36.4 Å². The van der Waals surface area contributed by atoms with Crippen LogP contribution in [-0.2, 0) is 0 Å². The van der Waals surface area contributed by atoms with Gasteiger partial charge in [0.25, 0.3) is 0 Å². The fourth-order valence-corrected chi connectivity index (χ4v) is 1.86. The molecule has 2 rings (SSSR count). The van der Waals surface area contributed by atoms with E-state index in [1.165, 1.54) is 0 Å². The van der Waals surface area contributed by atoms with E-state index in [9.17, 15) is 8.78 Å². The second-order valence-electron chi connectivity index (χ2n) is 4.46. The van der Waals surface area contributed by atoms with Crippen LogP contribution in [0.1, 0.15) is 24.1 Å². The van der Waals surface area contributed by atoms with Crippen molar-refractivity contribution in [3.63, 3.8) is 0 Å². The lowest BCUT2D eigenvalue weighted by atomic mass is 10.1. The van der Waals surface area contributed by atoms with Gasteiger partial charge in [-0.15, -0.1) is 0 Å². The number of nitrogens with one attached hydrogen (secondary N) is 1. The average Bonchev–Trinajstić information content (AvgIpc) is 2.43. The maximum absolute atomic E-state index is 13.8. The van der Waals surface area contributed by atoms with Crippen LogP contribution >= 0.6 is 0 Å². The van der Waals surface area contributed by atoms with Crippen LogP contribution in [0.2, 0.25) is 0 Å². The maximum atomic E-state index is 13.8. The standard InChI is InChI=1S/C15H13F2N3/c1-9(11-2-4-12(19)5-3-11)20-15-13(16)6-10(8-18)7-14(15)17/h2-7,9,20H,19H2,1H3. The van der Waals surface area contributed by atoms with Crippen LogP contribution < -0.4 is 11.1 Å². The third kappa shape index (κ3) is 2.86. The van der Waals surface area contributed by atoms with E-state index in [1.54, 1.807) is 37.3 Å². The monoisotopic (exact) mass is 273 g/mol. The minimum atomic E-state index is -0.788. The van der Waals surface area contributed by atoms with E-state index >= 15 is 0 Å². The molecular weight excluding hydrogens is 260 g/mol. The van der Waals surface area contributed by atoms with Gasteiger partial charge in [-0.05, 0) is 36.8 Å². The SMILES string of the molecule is CC(Nc1c(F)cc(C#N)cc1F)c1ccc(N)cc1. The van der Waals surface area contributed by atoms with Gasteiger partial charge in [-0.25, -0.2) is 8.78 Å². The molecule has 0 heterocycles. The van der Waals surface area contributed by atoms with Gasteiger partial charge in [0, 0.05) is 11.7 Å². The van der Waals surface area contributed by atoms with E-state index in [2.05, 4.69) is 5.32 Å². The average molecular weight is 273 g/mol. The molecule has 0 aliphatic rings. The fourth-order valence-electron chi connectivity index (χ4n) is 1.86.